The van der Waals surface area contributed by atoms with Crippen LogP contribution in [-0.2, 0) is 11.2 Å². The molecular formula is C22H24ClN3O2S2. The second-order valence-electron chi connectivity index (χ2n) is 8.07. The lowest BCUT2D eigenvalue weighted by molar-refractivity contribution is 0.417. The standard InChI is InChI=1S/C22H24ClN3O2S2/c1-28-17-7-5-6-13-10-15(25-19(13)17)18-11-14(23)20(29-18)16-12-30(27)22(21(24)26-16)8-3-2-4-9-22/h5-7,10-11,16,25H,2-4,8-9,12H2,1H3,(H2,24,26). The Labute approximate surface area is 187 Å². The van der Waals surface area contributed by atoms with Crippen LogP contribution in [0.4, 0.5) is 0 Å². The molecule has 2 aliphatic rings. The minimum Gasteiger partial charge on any atom is -0.616 e. The summed E-state index contributed by atoms with van der Waals surface area (Å²) < 4.78 is 18.2. The molecule has 3 aromatic rings. The number of aromatic amines is 1. The number of thiophene rings is 1. The van der Waals surface area contributed by atoms with Crippen LogP contribution >= 0.6 is 22.9 Å². The van der Waals surface area contributed by atoms with Crippen LogP contribution < -0.4 is 10.1 Å². The topological polar surface area (TPSA) is 84.0 Å². The lowest BCUT2D eigenvalue weighted by Gasteiger charge is -2.44. The van der Waals surface area contributed by atoms with E-state index in [9.17, 15) is 4.55 Å². The largest absolute Gasteiger partial charge is 0.616 e. The first-order valence-corrected chi connectivity index (χ1v) is 12.7. The average molecular weight is 462 g/mol. The zero-order valence-corrected chi connectivity index (χ0v) is 19.1. The summed E-state index contributed by atoms with van der Waals surface area (Å²) in [5, 5.41) is 13.7. The summed E-state index contributed by atoms with van der Waals surface area (Å²) in [4.78, 5) is 5.41. The van der Waals surface area contributed by atoms with Crippen LogP contribution in [0.2, 0.25) is 5.02 Å². The second kappa shape index (κ2) is 7.79. The molecule has 0 amide bonds. The van der Waals surface area contributed by atoms with Gasteiger partial charge in [0.15, 0.2) is 10.6 Å². The van der Waals surface area contributed by atoms with Gasteiger partial charge in [0.1, 0.15) is 17.5 Å². The summed E-state index contributed by atoms with van der Waals surface area (Å²) in [6, 6.07) is 9.82. The molecule has 2 atom stereocenters. The Kier molecular flexibility index (Phi) is 5.25. The van der Waals surface area contributed by atoms with Crippen molar-refractivity contribution in [2.24, 2.45) is 0 Å². The summed E-state index contributed by atoms with van der Waals surface area (Å²) in [5.74, 6) is 1.73. The Balaban J connectivity index is 1.44. The summed E-state index contributed by atoms with van der Waals surface area (Å²) in [6.45, 7) is 0. The Morgan fingerprint density at radius 1 is 1.27 bits per heavy atom. The third-order valence-corrected chi connectivity index (χ3v) is 10.1. The highest BCUT2D eigenvalue weighted by molar-refractivity contribution is 7.93. The molecule has 1 saturated heterocycles. The van der Waals surface area contributed by atoms with Crippen molar-refractivity contribution in [2.45, 2.75) is 42.9 Å². The van der Waals surface area contributed by atoms with Crippen LogP contribution in [0.1, 0.15) is 43.0 Å². The third-order valence-electron chi connectivity index (χ3n) is 6.32. The van der Waals surface area contributed by atoms with E-state index in [1.54, 1.807) is 18.4 Å². The van der Waals surface area contributed by atoms with Crippen molar-refractivity contribution < 1.29 is 9.29 Å². The van der Waals surface area contributed by atoms with Gasteiger partial charge >= 0.3 is 0 Å². The van der Waals surface area contributed by atoms with Crippen LogP contribution in [0.3, 0.4) is 0 Å². The second-order valence-corrected chi connectivity index (χ2v) is 11.4. The lowest BCUT2D eigenvalue weighted by atomic mass is 9.87. The molecule has 1 saturated carbocycles. The number of amidine groups is 1. The smallest absolute Gasteiger partial charge is 0.181 e. The number of hydrogen-bond donors (Lipinski definition) is 3. The van der Waals surface area contributed by atoms with Crippen molar-refractivity contribution in [3.05, 3.63) is 40.2 Å². The van der Waals surface area contributed by atoms with Crippen LogP contribution in [0.25, 0.3) is 21.5 Å². The zero-order chi connectivity index (χ0) is 20.9. The van der Waals surface area contributed by atoms with Gasteiger partial charge < -0.3 is 19.6 Å². The molecule has 5 nitrogen and oxygen atoms in total. The van der Waals surface area contributed by atoms with Gasteiger partial charge in [-0.2, -0.15) is 0 Å². The van der Waals surface area contributed by atoms with Crippen LogP contribution in [0.15, 0.2) is 30.3 Å². The molecule has 158 valence electrons. The summed E-state index contributed by atoms with van der Waals surface area (Å²) >= 11 is 7.14. The molecule has 3 heterocycles. The van der Waals surface area contributed by atoms with Crippen molar-refractivity contribution in [3.63, 3.8) is 0 Å². The SMILES string of the molecule is COc1cccc2cc(-c3cc(Cl)c(C4C[S+]([O-])C5(CCCCC5)C(=N)N4)s3)[nH]c12. The quantitative estimate of drug-likeness (QED) is 0.442. The van der Waals surface area contributed by atoms with Gasteiger partial charge in [0, 0.05) is 18.2 Å². The van der Waals surface area contributed by atoms with E-state index in [0.29, 0.717) is 16.6 Å². The monoisotopic (exact) mass is 461 g/mol. The molecule has 1 aliphatic heterocycles. The number of aromatic nitrogens is 1. The molecule has 8 heteroatoms. The van der Waals surface area contributed by atoms with Gasteiger partial charge in [0.25, 0.3) is 0 Å². The van der Waals surface area contributed by atoms with Gasteiger partial charge in [0.05, 0.1) is 33.1 Å². The maximum absolute atomic E-state index is 13.2. The molecule has 0 bridgehead atoms. The number of H-pyrrole nitrogens is 1. The van der Waals surface area contributed by atoms with Crippen molar-refractivity contribution in [1.82, 2.24) is 10.3 Å². The molecule has 1 spiro atoms. The normalized spacial score (nSPS) is 23.6. The summed E-state index contributed by atoms with van der Waals surface area (Å²) in [6.07, 6.45) is 4.96. The van der Waals surface area contributed by atoms with E-state index >= 15 is 0 Å². The molecule has 2 aromatic heterocycles. The molecule has 1 aromatic carbocycles. The van der Waals surface area contributed by atoms with E-state index in [1.807, 2.05) is 24.3 Å². The zero-order valence-electron chi connectivity index (χ0n) is 16.7. The number of fused-ring (bicyclic) bond motifs is 1. The van der Waals surface area contributed by atoms with E-state index in [1.165, 1.54) is 6.42 Å². The fraction of sp³-hybridized carbons (Fsp3) is 0.409. The van der Waals surface area contributed by atoms with E-state index in [2.05, 4.69) is 16.4 Å². The molecular weight excluding hydrogens is 438 g/mol. The van der Waals surface area contributed by atoms with Crippen molar-refractivity contribution in [2.75, 3.05) is 12.9 Å². The van der Waals surface area contributed by atoms with Gasteiger partial charge in [-0.1, -0.05) is 30.2 Å². The minimum atomic E-state index is -1.07. The van der Waals surface area contributed by atoms with Crippen molar-refractivity contribution in [3.8, 4) is 16.3 Å². The van der Waals surface area contributed by atoms with Gasteiger partial charge in [-0.3, -0.25) is 5.41 Å². The Bertz CT molecular complexity index is 1100. The van der Waals surface area contributed by atoms with Gasteiger partial charge in [0.2, 0.25) is 0 Å². The Hall–Kier alpha value is -1.67. The molecule has 30 heavy (non-hydrogen) atoms. The van der Waals surface area contributed by atoms with E-state index < -0.39 is 15.9 Å². The highest BCUT2D eigenvalue weighted by Gasteiger charge is 2.52. The highest BCUT2D eigenvalue weighted by atomic mass is 35.5. The highest BCUT2D eigenvalue weighted by Crippen LogP contribution is 2.45. The van der Waals surface area contributed by atoms with Crippen molar-refractivity contribution in [1.29, 1.82) is 5.41 Å². The predicted octanol–water partition coefficient (Wildman–Crippen LogP) is 5.63. The Morgan fingerprint density at radius 2 is 2.07 bits per heavy atom. The first kappa shape index (κ1) is 20.2. The lowest BCUT2D eigenvalue weighted by Crippen LogP contribution is -2.60. The third kappa shape index (κ3) is 3.23. The summed E-state index contributed by atoms with van der Waals surface area (Å²) in [7, 11) is 1.66. The van der Waals surface area contributed by atoms with Gasteiger partial charge in [-0.05, 0) is 42.2 Å². The predicted molar refractivity (Wildman–Crippen MR) is 126 cm³/mol. The van der Waals surface area contributed by atoms with Gasteiger partial charge in [-0.25, -0.2) is 0 Å². The molecule has 5 rings (SSSR count). The molecule has 3 N–H and O–H groups in total. The molecule has 1 aliphatic carbocycles. The minimum absolute atomic E-state index is 0.184. The summed E-state index contributed by atoms with van der Waals surface area (Å²) in [5.41, 5.74) is 1.93. The first-order valence-electron chi connectivity index (χ1n) is 10.2. The fourth-order valence-electron chi connectivity index (χ4n) is 4.70. The number of nitrogens with one attached hydrogen (secondary N) is 3. The number of methoxy groups -OCH3 is 1. The fourth-order valence-corrected chi connectivity index (χ4v) is 8.20. The first-order chi connectivity index (χ1) is 14.5. The molecule has 0 radical (unpaired) electrons. The van der Waals surface area contributed by atoms with E-state index in [-0.39, 0.29) is 6.04 Å². The maximum atomic E-state index is 13.2. The maximum Gasteiger partial charge on any atom is 0.181 e. The number of benzene rings is 1. The number of ether oxygens (including phenoxy) is 1. The number of halogens is 1. The van der Waals surface area contributed by atoms with Crippen LogP contribution in [0, 0.1) is 5.41 Å². The number of hydrogen-bond acceptors (Lipinski definition) is 4. The number of rotatable bonds is 3. The Morgan fingerprint density at radius 3 is 2.80 bits per heavy atom. The average Bonchev–Trinajstić information content (AvgIpc) is 3.36. The van der Waals surface area contributed by atoms with E-state index in [0.717, 1.165) is 57.8 Å². The van der Waals surface area contributed by atoms with Gasteiger partial charge in [-0.15, -0.1) is 11.3 Å². The molecule has 2 fully saturated rings. The van der Waals surface area contributed by atoms with Crippen molar-refractivity contribution >= 4 is 50.9 Å². The van der Waals surface area contributed by atoms with Crippen LogP contribution in [0.5, 0.6) is 5.75 Å². The van der Waals surface area contributed by atoms with Crippen LogP contribution in [-0.4, -0.2) is 33.0 Å². The number of para-hydroxylation sites is 1. The van der Waals surface area contributed by atoms with E-state index in [4.69, 9.17) is 21.7 Å². The molecule has 2 unspecified atom stereocenters.